The van der Waals surface area contributed by atoms with Gasteiger partial charge in [0.15, 0.2) is 0 Å². The Morgan fingerprint density at radius 1 is 1.32 bits per heavy atom. The van der Waals surface area contributed by atoms with Gasteiger partial charge in [0, 0.05) is 0 Å². The number of aromatic nitrogens is 2. The van der Waals surface area contributed by atoms with Gasteiger partial charge >= 0.3 is 0 Å². The van der Waals surface area contributed by atoms with E-state index in [1.807, 2.05) is 12.1 Å². The Morgan fingerprint density at radius 2 is 2.05 bits per heavy atom. The molecule has 0 unspecified atom stereocenters. The maximum Gasteiger partial charge on any atom is 0.251 e. The number of para-hydroxylation sites is 1. The molecule has 0 saturated carbocycles. The van der Waals surface area contributed by atoms with Crippen LogP contribution in [0.3, 0.4) is 0 Å². The van der Waals surface area contributed by atoms with E-state index in [2.05, 4.69) is 14.9 Å². The van der Waals surface area contributed by atoms with E-state index in [0.29, 0.717) is 11.3 Å². The predicted octanol–water partition coefficient (Wildman–Crippen LogP) is 0.794. The fraction of sp³-hybridized carbons (Fsp3) is 0.273. The molecule has 0 fully saturated rings. The van der Waals surface area contributed by atoms with Crippen molar-refractivity contribution in [3.8, 4) is 17.2 Å². The van der Waals surface area contributed by atoms with E-state index >= 15 is 0 Å². The van der Waals surface area contributed by atoms with Gasteiger partial charge in [0.1, 0.15) is 5.75 Å². The fourth-order valence-electron chi connectivity index (χ4n) is 1.45. The Labute approximate surface area is 110 Å². The Morgan fingerprint density at radius 3 is 2.74 bits per heavy atom. The van der Waals surface area contributed by atoms with Gasteiger partial charge in [-0.3, -0.25) is 0 Å². The number of hydrogen-bond acceptors (Lipinski definition) is 6. The van der Waals surface area contributed by atoms with Crippen LogP contribution in [-0.2, 0) is 16.6 Å². The van der Waals surface area contributed by atoms with Crippen molar-refractivity contribution >= 4 is 10.0 Å². The first-order valence-corrected chi connectivity index (χ1v) is 7.29. The molecular formula is C11H13N3O4S. The normalized spacial score (nSPS) is 11.5. The summed E-state index contributed by atoms with van der Waals surface area (Å²) in [5, 5.41) is 7.64. The highest BCUT2D eigenvalue weighted by Crippen LogP contribution is 2.28. The van der Waals surface area contributed by atoms with Gasteiger partial charge in [-0.05, 0) is 12.1 Å². The molecule has 1 aromatic carbocycles. The lowest BCUT2D eigenvalue weighted by Crippen LogP contribution is -2.21. The van der Waals surface area contributed by atoms with Crippen LogP contribution in [0.2, 0.25) is 0 Å². The maximum absolute atomic E-state index is 11.0. The highest BCUT2D eigenvalue weighted by Gasteiger charge is 2.13. The van der Waals surface area contributed by atoms with E-state index in [1.165, 1.54) is 0 Å². The van der Waals surface area contributed by atoms with Crippen LogP contribution in [0.5, 0.6) is 5.75 Å². The third-order valence-electron chi connectivity index (χ3n) is 2.29. The van der Waals surface area contributed by atoms with Gasteiger partial charge in [-0.25, -0.2) is 13.1 Å². The Bertz CT molecular complexity index is 666. The first-order valence-electron chi connectivity index (χ1n) is 5.40. The lowest BCUT2D eigenvalue weighted by molar-refractivity contribution is 0.413. The molecule has 1 aromatic heterocycles. The van der Waals surface area contributed by atoms with Crippen LogP contribution in [0, 0.1) is 0 Å². The quantitative estimate of drug-likeness (QED) is 0.872. The van der Waals surface area contributed by atoms with Gasteiger partial charge in [0.2, 0.25) is 15.9 Å². The second-order valence-electron chi connectivity index (χ2n) is 3.79. The molecule has 7 nitrogen and oxygen atoms in total. The van der Waals surface area contributed by atoms with Crippen LogP contribution in [0.25, 0.3) is 11.5 Å². The number of nitrogens with zero attached hydrogens (tertiary/aromatic N) is 2. The summed E-state index contributed by atoms with van der Waals surface area (Å²) in [6.07, 6.45) is 1.06. The first-order chi connectivity index (χ1) is 8.99. The largest absolute Gasteiger partial charge is 0.496 e. The van der Waals surface area contributed by atoms with Gasteiger partial charge < -0.3 is 9.15 Å². The molecule has 1 heterocycles. The van der Waals surface area contributed by atoms with E-state index < -0.39 is 10.0 Å². The number of sulfonamides is 1. The fourth-order valence-corrected chi connectivity index (χ4v) is 1.83. The van der Waals surface area contributed by atoms with Crippen LogP contribution in [0.15, 0.2) is 28.7 Å². The van der Waals surface area contributed by atoms with E-state index in [9.17, 15) is 8.42 Å². The van der Waals surface area contributed by atoms with Crippen LogP contribution >= 0.6 is 0 Å². The summed E-state index contributed by atoms with van der Waals surface area (Å²) in [4.78, 5) is 0. The van der Waals surface area contributed by atoms with Crippen molar-refractivity contribution in [2.75, 3.05) is 13.4 Å². The van der Waals surface area contributed by atoms with Crippen molar-refractivity contribution in [3.63, 3.8) is 0 Å². The zero-order valence-electron chi connectivity index (χ0n) is 10.5. The molecule has 2 rings (SSSR count). The molecular weight excluding hydrogens is 270 g/mol. The summed E-state index contributed by atoms with van der Waals surface area (Å²) in [6.45, 7) is -0.0407. The number of rotatable bonds is 5. The molecule has 0 aliphatic heterocycles. The topological polar surface area (TPSA) is 94.3 Å². The highest BCUT2D eigenvalue weighted by molar-refractivity contribution is 7.88. The van der Waals surface area contributed by atoms with Crippen LogP contribution < -0.4 is 9.46 Å². The monoisotopic (exact) mass is 283 g/mol. The van der Waals surface area contributed by atoms with E-state index in [4.69, 9.17) is 9.15 Å². The number of nitrogens with one attached hydrogen (secondary N) is 1. The molecule has 0 spiro atoms. The zero-order chi connectivity index (χ0) is 13.9. The highest BCUT2D eigenvalue weighted by atomic mass is 32.2. The molecule has 2 aromatic rings. The molecule has 8 heteroatoms. The summed E-state index contributed by atoms with van der Waals surface area (Å²) >= 11 is 0. The van der Waals surface area contributed by atoms with Gasteiger partial charge in [0.05, 0.1) is 25.5 Å². The van der Waals surface area contributed by atoms with Crippen molar-refractivity contribution in [2.45, 2.75) is 6.54 Å². The maximum atomic E-state index is 11.0. The standard InChI is InChI=1S/C11H13N3O4S/c1-17-9-6-4-3-5-8(9)11-14-13-10(18-11)7-12-19(2,15)16/h3-6,12H,7H2,1-2H3. The van der Waals surface area contributed by atoms with Gasteiger partial charge in [0.25, 0.3) is 5.89 Å². The Balaban J connectivity index is 2.21. The summed E-state index contributed by atoms with van der Waals surface area (Å²) in [5.41, 5.74) is 0.656. The van der Waals surface area contributed by atoms with Crippen molar-refractivity contribution in [1.29, 1.82) is 0 Å². The Kier molecular flexibility index (Phi) is 3.82. The van der Waals surface area contributed by atoms with E-state index in [-0.39, 0.29) is 18.3 Å². The predicted molar refractivity (Wildman–Crippen MR) is 68.0 cm³/mol. The van der Waals surface area contributed by atoms with Crippen LogP contribution in [-0.4, -0.2) is 32.0 Å². The SMILES string of the molecule is COc1ccccc1-c1nnc(CNS(C)(=O)=O)o1. The lowest BCUT2D eigenvalue weighted by atomic mass is 10.2. The van der Waals surface area contributed by atoms with Crippen molar-refractivity contribution < 1.29 is 17.6 Å². The molecule has 102 valence electrons. The minimum atomic E-state index is -3.29. The van der Waals surface area contributed by atoms with Gasteiger partial charge in [-0.1, -0.05) is 12.1 Å². The molecule has 1 N–H and O–H groups in total. The smallest absolute Gasteiger partial charge is 0.251 e. The molecule has 0 radical (unpaired) electrons. The molecule has 0 amide bonds. The molecule has 19 heavy (non-hydrogen) atoms. The molecule has 0 aliphatic carbocycles. The molecule has 0 bridgehead atoms. The molecule has 0 saturated heterocycles. The van der Waals surface area contributed by atoms with Crippen molar-refractivity contribution in [1.82, 2.24) is 14.9 Å². The number of ether oxygens (including phenoxy) is 1. The second-order valence-corrected chi connectivity index (χ2v) is 5.63. The first kappa shape index (κ1) is 13.5. The summed E-state index contributed by atoms with van der Waals surface area (Å²) in [6, 6.07) is 7.19. The third kappa shape index (κ3) is 3.52. The number of methoxy groups -OCH3 is 1. The summed E-state index contributed by atoms with van der Waals surface area (Å²) < 4.78 is 34.8. The summed E-state index contributed by atoms with van der Waals surface area (Å²) in [5.74, 6) is 1.07. The van der Waals surface area contributed by atoms with Crippen molar-refractivity contribution in [3.05, 3.63) is 30.2 Å². The minimum absolute atomic E-state index is 0.0407. The minimum Gasteiger partial charge on any atom is -0.496 e. The van der Waals surface area contributed by atoms with Crippen LogP contribution in [0.1, 0.15) is 5.89 Å². The summed E-state index contributed by atoms with van der Waals surface area (Å²) in [7, 11) is -1.75. The number of hydrogen-bond donors (Lipinski definition) is 1. The van der Waals surface area contributed by atoms with Gasteiger partial charge in [-0.15, -0.1) is 10.2 Å². The average molecular weight is 283 g/mol. The lowest BCUT2D eigenvalue weighted by Gasteiger charge is -2.03. The Hall–Kier alpha value is -1.93. The average Bonchev–Trinajstić information content (AvgIpc) is 2.84. The van der Waals surface area contributed by atoms with Crippen LogP contribution in [0.4, 0.5) is 0 Å². The zero-order valence-corrected chi connectivity index (χ0v) is 11.3. The van der Waals surface area contributed by atoms with Gasteiger partial charge in [-0.2, -0.15) is 0 Å². The van der Waals surface area contributed by atoms with E-state index in [0.717, 1.165) is 6.26 Å². The molecule has 0 atom stereocenters. The van der Waals surface area contributed by atoms with E-state index in [1.54, 1.807) is 19.2 Å². The second kappa shape index (κ2) is 5.37. The van der Waals surface area contributed by atoms with Crippen molar-refractivity contribution in [2.24, 2.45) is 0 Å². The third-order valence-corrected chi connectivity index (χ3v) is 2.96. The molecule has 0 aliphatic rings. The number of benzene rings is 1.